The quantitative estimate of drug-likeness (QED) is 0.486. The molecular formula is C19H16FN3O. The molecule has 0 radical (unpaired) electrons. The summed E-state index contributed by atoms with van der Waals surface area (Å²) in [7, 11) is 0. The molecule has 2 heterocycles. The lowest BCUT2D eigenvalue weighted by atomic mass is 10.1. The zero-order chi connectivity index (χ0) is 16.5. The maximum Gasteiger partial charge on any atom is 0.198 e. The summed E-state index contributed by atoms with van der Waals surface area (Å²) in [6, 6.07) is 12.5. The van der Waals surface area contributed by atoms with Crippen molar-refractivity contribution in [2.24, 2.45) is 4.99 Å². The Kier molecular flexibility index (Phi) is 3.54. The summed E-state index contributed by atoms with van der Waals surface area (Å²) in [6.45, 7) is 0.587. The summed E-state index contributed by atoms with van der Waals surface area (Å²) in [5.74, 6) is -0.332. The molecule has 0 fully saturated rings. The predicted molar refractivity (Wildman–Crippen MR) is 94.4 cm³/mol. The van der Waals surface area contributed by atoms with E-state index in [0.717, 1.165) is 11.9 Å². The second-order valence-corrected chi connectivity index (χ2v) is 5.72. The average Bonchev–Trinajstić information content (AvgIpc) is 3.13. The van der Waals surface area contributed by atoms with Crippen molar-refractivity contribution in [3.05, 3.63) is 65.6 Å². The maximum absolute atomic E-state index is 13.4. The molecule has 0 aliphatic carbocycles. The molecule has 4 aromatic rings. The van der Waals surface area contributed by atoms with E-state index in [2.05, 4.69) is 21.0 Å². The summed E-state index contributed by atoms with van der Waals surface area (Å²) in [5, 5.41) is 11.8. The first kappa shape index (κ1) is 14.5. The molecule has 120 valence electrons. The first-order valence-electron chi connectivity index (χ1n) is 7.77. The van der Waals surface area contributed by atoms with E-state index in [1.807, 2.05) is 24.4 Å². The highest BCUT2D eigenvalue weighted by molar-refractivity contribution is 6.01. The molecule has 0 saturated heterocycles. The van der Waals surface area contributed by atoms with E-state index >= 15 is 0 Å². The van der Waals surface area contributed by atoms with Gasteiger partial charge in [0.25, 0.3) is 0 Å². The number of aromatic hydroxyl groups is 1. The Bertz CT molecular complexity index is 1050. The number of hydrogen-bond donors (Lipinski definition) is 3. The highest BCUT2D eigenvalue weighted by Crippen LogP contribution is 2.26. The lowest BCUT2D eigenvalue weighted by Crippen LogP contribution is -1.90. The molecule has 3 N–H and O–H groups in total. The van der Waals surface area contributed by atoms with Crippen LogP contribution in [0.15, 0.2) is 53.7 Å². The molecule has 4 rings (SSSR count). The van der Waals surface area contributed by atoms with E-state index in [9.17, 15) is 9.50 Å². The van der Waals surface area contributed by atoms with Crippen molar-refractivity contribution >= 4 is 28.0 Å². The van der Waals surface area contributed by atoms with E-state index < -0.39 is 0 Å². The van der Waals surface area contributed by atoms with Crippen LogP contribution in [0.1, 0.15) is 11.1 Å². The number of hydrogen-bond acceptors (Lipinski definition) is 2. The number of nitrogens with one attached hydrogen (secondary N) is 2. The van der Waals surface area contributed by atoms with Crippen LogP contribution >= 0.6 is 0 Å². The molecule has 2 aromatic heterocycles. The number of rotatable bonds is 4. The van der Waals surface area contributed by atoms with Crippen LogP contribution < -0.4 is 0 Å². The van der Waals surface area contributed by atoms with Crippen molar-refractivity contribution in [1.29, 1.82) is 0 Å². The van der Waals surface area contributed by atoms with Gasteiger partial charge in [0.05, 0.1) is 5.56 Å². The van der Waals surface area contributed by atoms with E-state index in [1.165, 1.54) is 23.1 Å². The van der Waals surface area contributed by atoms with Crippen molar-refractivity contribution in [2.75, 3.05) is 6.54 Å². The SMILES string of the molecule is Oc1[nH]c2ccc(F)cc2c1C=NCCc1c[nH]c2ccccc12. The largest absolute Gasteiger partial charge is 0.494 e. The smallest absolute Gasteiger partial charge is 0.198 e. The zero-order valence-corrected chi connectivity index (χ0v) is 12.9. The molecule has 0 aliphatic heterocycles. The van der Waals surface area contributed by atoms with Crippen LogP contribution in [0.5, 0.6) is 5.88 Å². The maximum atomic E-state index is 13.4. The minimum atomic E-state index is -0.338. The summed E-state index contributed by atoms with van der Waals surface area (Å²) >= 11 is 0. The van der Waals surface area contributed by atoms with E-state index in [1.54, 1.807) is 12.3 Å². The lowest BCUT2D eigenvalue weighted by molar-refractivity contribution is 0.457. The van der Waals surface area contributed by atoms with Gasteiger partial charge >= 0.3 is 0 Å². The normalized spacial score (nSPS) is 11.9. The molecule has 0 bridgehead atoms. The standard InChI is InChI=1S/C19H16FN3O/c20-13-5-6-18-15(9-13)16(19(24)23-18)11-21-8-7-12-10-22-17-4-2-1-3-14(12)17/h1-6,9-11,22-24H,7-8H2. The van der Waals surface area contributed by atoms with Gasteiger partial charge in [0.1, 0.15) is 5.82 Å². The van der Waals surface area contributed by atoms with E-state index in [-0.39, 0.29) is 11.7 Å². The Labute approximate surface area is 137 Å². The minimum absolute atomic E-state index is 0.00597. The molecule has 0 aliphatic rings. The van der Waals surface area contributed by atoms with Crippen LogP contribution in [-0.2, 0) is 6.42 Å². The number of benzene rings is 2. The zero-order valence-electron chi connectivity index (χ0n) is 12.9. The Morgan fingerprint density at radius 2 is 1.96 bits per heavy atom. The van der Waals surface area contributed by atoms with Crippen LogP contribution in [-0.4, -0.2) is 27.8 Å². The van der Waals surface area contributed by atoms with Crippen LogP contribution in [0.3, 0.4) is 0 Å². The van der Waals surface area contributed by atoms with Gasteiger partial charge in [-0.3, -0.25) is 4.99 Å². The van der Waals surface area contributed by atoms with Gasteiger partial charge in [-0.05, 0) is 36.2 Å². The second kappa shape index (κ2) is 5.85. The fraction of sp³-hybridized carbons (Fsp3) is 0.105. The number of H-pyrrole nitrogens is 2. The number of nitrogens with zero attached hydrogens (tertiary/aromatic N) is 1. The van der Waals surface area contributed by atoms with Gasteiger partial charge in [-0.25, -0.2) is 4.39 Å². The highest BCUT2D eigenvalue weighted by Gasteiger charge is 2.09. The third-order valence-electron chi connectivity index (χ3n) is 4.19. The summed E-state index contributed by atoms with van der Waals surface area (Å²) in [6.07, 6.45) is 4.39. The second-order valence-electron chi connectivity index (χ2n) is 5.72. The molecular weight excluding hydrogens is 305 g/mol. The van der Waals surface area contributed by atoms with Crippen LogP contribution in [0.25, 0.3) is 21.8 Å². The van der Waals surface area contributed by atoms with Crippen molar-refractivity contribution in [1.82, 2.24) is 9.97 Å². The van der Waals surface area contributed by atoms with Gasteiger partial charge in [0.15, 0.2) is 5.88 Å². The van der Waals surface area contributed by atoms with Gasteiger partial charge in [-0.15, -0.1) is 0 Å². The topological polar surface area (TPSA) is 64.2 Å². The van der Waals surface area contributed by atoms with E-state index in [0.29, 0.717) is 23.0 Å². The molecule has 0 saturated carbocycles. The molecule has 0 unspecified atom stereocenters. The molecule has 0 spiro atoms. The minimum Gasteiger partial charge on any atom is -0.494 e. The number of aromatic amines is 2. The fourth-order valence-corrected chi connectivity index (χ4v) is 2.98. The summed E-state index contributed by atoms with van der Waals surface area (Å²) < 4.78 is 13.4. The van der Waals surface area contributed by atoms with Gasteiger partial charge in [0.2, 0.25) is 0 Å². The molecule has 2 aromatic carbocycles. The summed E-state index contributed by atoms with van der Waals surface area (Å²) in [4.78, 5) is 10.5. The predicted octanol–water partition coefficient (Wildman–Crippen LogP) is 4.16. The monoisotopic (exact) mass is 321 g/mol. The first-order valence-corrected chi connectivity index (χ1v) is 7.77. The molecule has 24 heavy (non-hydrogen) atoms. The van der Waals surface area contributed by atoms with Crippen LogP contribution in [0.2, 0.25) is 0 Å². The summed E-state index contributed by atoms with van der Waals surface area (Å²) in [5.41, 5.74) is 3.52. The Balaban J connectivity index is 1.54. The highest BCUT2D eigenvalue weighted by atomic mass is 19.1. The number of aromatic nitrogens is 2. The Hall–Kier alpha value is -3.08. The van der Waals surface area contributed by atoms with Gasteiger partial charge in [-0.2, -0.15) is 0 Å². The van der Waals surface area contributed by atoms with Crippen LogP contribution in [0, 0.1) is 5.82 Å². The van der Waals surface area contributed by atoms with Crippen molar-refractivity contribution in [3.8, 4) is 5.88 Å². The Morgan fingerprint density at radius 1 is 1.08 bits per heavy atom. The fourth-order valence-electron chi connectivity index (χ4n) is 2.98. The number of para-hydroxylation sites is 1. The van der Waals surface area contributed by atoms with Gasteiger partial charge in [-0.1, -0.05) is 18.2 Å². The molecule has 0 atom stereocenters. The lowest BCUT2D eigenvalue weighted by Gasteiger charge is -1.96. The molecule has 0 amide bonds. The number of fused-ring (bicyclic) bond motifs is 2. The average molecular weight is 321 g/mol. The first-order chi connectivity index (χ1) is 11.7. The molecule has 5 heteroatoms. The van der Waals surface area contributed by atoms with Gasteiger partial charge in [0, 0.05) is 40.8 Å². The van der Waals surface area contributed by atoms with Crippen LogP contribution in [0.4, 0.5) is 4.39 Å². The van der Waals surface area contributed by atoms with E-state index in [4.69, 9.17) is 0 Å². The molecule has 4 nitrogen and oxygen atoms in total. The third-order valence-corrected chi connectivity index (χ3v) is 4.19. The van der Waals surface area contributed by atoms with Crippen molar-refractivity contribution < 1.29 is 9.50 Å². The number of aliphatic imine (C=N–C) groups is 1. The van der Waals surface area contributed by atoms with Crippen molar-refractivity contribution in [3.63, 3.8) is 0 Å². The Morgan fingerprint density at radius 3 is 2.88 bits per heavy atom. The third kappa shape index (κ3) is 2.54. The van der Waals surface area contributed by atoms with Crippen molar-refractivity contribution in [2.45, 2.75) is 6.42 Å². The number of halogens is 1. The van der Waals surface area contributed by atoms with Gasteiger partial charge < -0.3 is 15.1 Å².